The molecule has 22 heavy (non-hydrogen) atoms. The molecule has 1 aromatic rings. The van der Waals surface area contributed by atoms with Crippen molar-refractivity contribution >= 4 is 17.6 Å². The number of anilines is 1. The van der Waals surface area contributed by atoms with E-state index >= 15 is 0 Å². The molecule has 0 bridgehead atoms. The van der Waals surface area contributed by atoms with Crippen molar-refractivity contribution in [3.63, 3.8) is 0 Å². The molecule has 0 saturated carbocycles. The molecule has 8 heteroatoms. The van der Waals surface area contributed by atoms with Crippen LogP contribution in [0.5, 0.6) is 5.75 Å². The van der Waals surface area contributed by atoms with Crippen LogP contribution in [0.1, 0.15) is 12.0 Å². The predicted octanol–water partition coefficient (Wildman–Crippen LogP) is 2.24. The van der Waals surface area contributed by atoms with Gasteiger partial charge < -0.3 is 14.4 Å². The fourth-order valence-corrected chi connectivity index (χ4v) is 2.36. The van der Waals surface area contributed by atoms with E-state index in [0.29, 0.717) is 0 Å². The molecule has 0 aliphatic carbocycles. The van der Waals surface area contributed by atoms with Crippen molar-refractivity contribution in [2.45, 2.75) is 12.6 Å². The molecule has 0 spiro atoms. The van der Waals surface area contributed by atoms with Crippen LogP contribution in [0.2, 0.25) is 0 Å². The molecule has 1 saturated heterocycles. The van der Waals surface area contributed by atoms with Crippen molar-refractivity contribution in [2.24, 2.45) is 5.92 Å². The highest BCUT2D eigenvalue weighted by atomic mass is 19.4. The van der Waals surface area contributed by atoms with Crippen molar-refractivity contribution < 1.29 is 32.2 Å². The summed E-state index contributed by atoms with van der Waals surface area (Å²) in [4.78, 5) is 24.7. The quantitative estimate of drug-likeness (QED) is 0.802. The lowest BCUT2D eigenvalue weighted by atomic mass is 10.1. The summed E-state index contributed by atoms with van der Waals surface area (Å²) in [6.45, 7) is 0.0695. The second-order valence-corrected chi connectivity index (χ2v) is 4.81. The van der Waals surface area contributed by atoms with Gasteiger partial charge in [0.1, 0.15) is 5.75 Å². The number of halogens is 3. The monoisotopic (exact) mass is 317 g/mol. The first-order valence-electron chi connectivity index (χ1n) is 6.41. The van der Waals surface area contributed by atoms with Crippen LogP contribution in [0.3, 0.4) is 0 Å². The summed E-state index contributed by atoms with van der Waals surface area (Å²) in [5, 5.41) is 0. The summed E-state index contributed by atoms with van der Waals surface area (Å²) in [5.41, 5.74) is -0.670. The molecule has 1 amide bonds. The Hall–Kier alpha value is -2.25. The summed E-state index contributed by atoms with van der Waals surface area (Å²) in [6, 6.07) is 3.18. The third kappa shape index (κ3) is 3.00. The highest BCUT2D eigenvalue weighted by molar-refractivity contribution is 5.99. The number of amides is 1. The summed E-state index contributed by atoms with van der Waals surface area (Å²) >= 11 is 0. The van der Waals surface area contributed by atoms with Gasteiger partial charge in [-0.25, -0.2) is 0 Å². The fourth-order valence-electron chi connectivity index (χ4n) is 2.36. The van der Waals surface area contributed by atoms with E-state index in [9.17, 15) is 22.8 Å². The minimum absolute atomic E-state index is 0.0317. The second-order valence-electron chi connectivity index (χ2n) is 4.81. The van der Waals surface area contributed by atoms with Crippen LogP contribution in [-0.2, 0) is 20.5 Å². The molecule has 1 fully saturated rings. The minimum Gasteiger partial charge on any atom is -0.496 e. The lowest BCUT2D eigenvalue weighted by Gasteiger charge is -2.19. The van der Waals surface area contributed by atoms with E-state index in [1.54, 1.807) is 0 Å². The van der Waals surface area contributed by atoms with Crippen molar-refractivity contribution in [3.8, 4) is 5.75 Å². The highest BCUT2D eigenvalue weighted by Crippen LogP contribution is 2.39. The first-order valence-corrected chi connectivity index (χ1v) is 6.41. The van der Waals surface area contributed by atoms with E-state index in [-0.39, 0.29) is 30.3 Å². The number of esters is 1. The maximum Gasteiger partial charge on any atom is 0.419 e. The lowest BCUT2D eigenvalue weighted by molar-refractivity contribution is -0.145. The number of benzene rings is 1. The summed E-state index contributed by atoms with van der Waals surface area (Å²) in [7, 11) is 2.34. The number of carbonyl (C=O) groups is 2. The number of carbonyl (C=O) groups excluding carboxylic acids is 2. The molecule has 120 valence electrons. The van der Waals surface area contributed by atoms with Gasteiger partial charge in [0.15, 0.2) is 0 Å². The SMILES string of the molecule is COC(=O)C1CC(=O)N(c2ccc(C(F)(F)F)c(OC)c2)C1. The van der Waals surface area contributed by atoms with Crippen LogP contribution in [0.15, 0.2) is 18.2 Å². The summed E-state index contributed by atoms with van der Waals surface area (Å²) in [5.74, 6) is -1.86. The van der Waals surface area contributed by atoms with Gasteiger partial charge in [-0.15, -0.1) is 0 Å². The van der Waals surface area contributed by atoms with Gasteiger partial charge in [0.25, 0.3) is 0 Å². The van der Waals surface area contributed by atoms with Gasteiger partial charge in [0, 0.05) is 24.7 Å². The van der Waals surface area contributed by atoms with Crippen molar-refractivity contribution in [2.75, 3.05) is 25.7 Å². The van der Waals surface area contributed by atoms with Crippen LogP contribution >= 0.6 is 0 Å². The lowest BCUT2D eigenvalue weighted by Crippen LogP contribution is -2.26. The standard InChI is InChI=1S/C14H14F3NO4/c1-21-11-6-9(3-4-10(11)14(15,16)17)18-7-8(5-12(18)19)13(20)22-2/h3-4,6,8H,5,7H2,1-2H3. The number of nitrogens with zero attached hydrogens (tertiary/aromatic N) is 1. The molecular formula is C14H14F3NO4. The number of methoxy groups -OCH3 is 2. The Balaban J connectivity index is 2.30. The van der Waals surface area contributed by atoms with E-state index in [0.717, 1.165) is 19.2 Å². The van der Waals surface area contributed by atoms with Crippen LogP contribution in [0.4, 0.5) is 18.9 Å². The van der Waals surface area contributed by atoms with Crippen molar-refractivity contribution in [1.82, 2.24) is 0 Å². The van der Waals surface area contributed by atoms with Gasteiger partial charge in [-0.3, -0.25) is 9.59 Å². The largest absolute Gasteiger partial charge is 0.496 e. The number of alkyl halides is 3. The Bertz CT molecular complexity index is 600. The molecule has 1 heterocycles. The van der Waals surface area contributed by atoms with E-state index in [1.807, 2.05) is 0 Å². The van der Waals surface area contributed by atoms with Crippen molar-refractivity contribution in [1.29, 1.82) is 0 Å². The summed E-state index contributed by atoms with van der Waals surface area (Å²) < 4.78 is 47.8. The molecule has 1 aliphatic heterocycles. The van der Waals surface area contributed by atoms with Gasteiger partial charge in [-0.1, -0.05) is 0 Å². The molecule has 5 nitrogen and oxygen atoms in total. The Kier molecular flexibility index (Phi) is 4.30. The van der Waals surface area contributed by atoms with E-state index in [4.69, 9.17) is 4.74 Å². The Labute approximate surface area is 124 Å². The predicted molar refractivity (Wildman–Crippen MR) is 70.5 cm³/mol. The smallest absolute Gasteiger partial charge is 0.419 e. The first-order chi connectivity index (χ1) is 10.3. The van der Waals surface area contributed by atoms with Crippen LogP contribution in [0.25, 0.3) is 0 Å². The zero-order valence-electron chi connectivity index (χ0n) is 11.9. The average molecular weight is 317 g/mol. The van der Waals surface area contributed by atoms with Gasteiger partial charge in [0.2, 0.25) is 5.91 Å². The normalized spacial score (nSPS) is 18.5. The number of hydrogen-bond acceptors (Lipinski definition) is 4. The van der Waals surface area contributed by atoms with Gasteiger partial charge in [-0.2, -0.15) is 13.2 Å². The molecule has 1 atom stereocenters. The Morgan fingerprint density at radius 1 is 1.32 bits per heavy atom. The van der Waals surface area contributed by atoms with E-state index in [2.05, 4.69) is 4.74 Å². The van der Waals surface area contributed by atoms with Gasteiger partial charge in [0.05, 0.1) is 25.7 Å². The summed E-state index contributed by atoms with van der Waals surface area (Å²) in [6.07, 6.45) is -4.58. The first kappa shape index (κ1) is 16.1. The van der Waals surface area contributed by atoms with E-state index in [1.165, 1.54) is 18.1 Å². The molecule has 0 radical (unpaired) electrons. The maximum atomic E-state index is 12.8. The van der Waals surface area contributed by atoms with E-state index < -0.39 is 23.6 Å². The molecular weight excluding hydrogens is 303 g/mol. The topological polar surface area (TPSA) is 55.8 Å². The third-order valence-electron chi connectivity index (χ3n) is 3.46. The van der Waals surface area contributed by atoms with Crippen LogP contribution in [-0.4, -0.2) is 32.6 Å². The number of hydrogen-bond donors (Lipinski definition) is 0. The zero-order chi connectivity index (χ0) is 16.5. The molecule has 1 aliphatic rings. The fraction of sp³-hybridized carbons (Fsp3) is 0.429. The van der Waals surface area contributed by atoms with Gasteiger partial charge >= 0.3 is 12.1 Å². The van der Waals surface area contributed by atoms with Crippen LogP contribution < -0.4 is 9.64 Å². The van der Waals surface area contributed by atoms with Crippen LogP contribution in [0, 0.1) is 5.92 Å². The van der Waals surface area contributed by atoms with Crippen molar-refractivity contribution in [3.05, 3.63) is 23.8 Å². The maximum absolute atomic E-state index is 12.8. The Morgan fingerprint density at radius 2 is 2.00 bits per heavy atom. The average Bonchev–Trinajstić information content (AvgIpc) is 2.86. The number of ether oxygens (including phenoxy) is 2. The third-order valence-corrected chi connectivity index (χ3v) is 3.46. The Morgan fingerprint density at radius 3 is 2.55 bits per heavy atom. The highest BCUT2D eigenvalue weighted by Gasteiger charge is 2.38. The molecule has 1 unspecified atom stereocenters. The molecule has 0 aromatic heterocycles. The molecule has 0 N–H and O–H groups in total. The second kappa shape index (κ2) is 5.86. The molecule has 1 aromatic carbocycles. The molecule has 2 rings (SSSR count). The number of rotatable bonds is 3. The van der Waals surface area contributed by atoms with Gasteiger partial charge in [-0.05, 0) is 12.1 Å². The minimum atomic E-state index is -4.55. The zero-order valence-corrected chi connectivity index (χ0v) is 11.9.